The van der Waals surface area contributed by atoms with Crippen LogP contribution < -0.4 is 18.9 Å². The molecule has 0 amide bonds. The minimum Gasteiger partial charge on any atom is -0.473 e. The maximum Gasteiger partial charge on any atom is 0.316 e. The van der Waals surface area contributed by atoms with Gasteiger partial charge in [0, 0.05) is 18.9 Å². The van der Waals surface area contributed by atoms with Gasteiger partial charge in [-0.3, -0.25) is 4.72 Å². The van der Waals surface area contributed by atoms with Crippen molar-refractivity contribution in [1.29, 1.82) is 0 Å². The van der Waals surface area contributed by atoms with Crippen molar-refractivity contribution >= 4 is 53.5 Å². The first kappa shape index (κ1) is 23.8. The second kappa shape index (κ2) is 10.4. The lowest BCUT2D eigenvalue weighted by atomic mass is 10.1. The second-order valence-corrected chi connectivity index (χ2v) is 11.0. The van der Waals surface area contributed by atoms with Crippen LogP contribution >= 0.6 is 27.3 Å². The van der Waals surface area contributed by atoms with Crippen LogP contribution in [0.4, 0.5) is 5.82 Å². The van der Waals surface area contributed by atoms with Crippen molar-refractivity contribution in [2.24, 2.45) is 5.92 Å². The molecule has 0 aliphatic heterocycles. The van der Waals surface area contributed by atoms with E-state index in [0.717, 1.165) is 27.5 Å². The monoisotopic (exact) mass is 577 g/mol. The topological polar surface area (TPSA) is 141 Å². The third kappa shape index (κ3) is 6.20. The molecule has 0 bridgehead atoms. The van der Waals surface area contributed by atoms with E-state index in [2.05, 4.69) is 50.3 Å². The minimum atomic E-state index is -3.84. The molecule has 0 atom stereocenters. The van der Waals surface area contributed by atoms with Crippen molar-refractivity contribution in [2.75, 3.05) is 24.5 Å². The van der Waals surface area contributed by atoms with Crippen LogP contribution in [-0.2, 0) is 10.2 Å². The van der Waals surface area contributed by atoms with E-state index in [1.54, 1.807) is 17.9 Å². The molecule has 5 rings (SSSR count). The van der Waals surface area contributed by atoms with Crippen LogP contribution in [0.5, 0.6) is 11.9 Å². The molecule has 35 heavy (non-hydrogen) atoms. The predicted octanol–water partition coefficient (Wildman–Crippen LogP) is 3.42. The van der Waals surface area contributed by atoms with E-state index in [-0.39, 0.29) is 30.9 Å². The highest BCUT2D eigenvalue weighted by Gasteiger charge is 2.25. The number of nitrogens with zero attached hydrogens (tertiary/aromatic N) is 5. The minimum absolute atomic E-state index is 0.102. The Labute approximate surface area is 213 Å². The number of benzene rings is 1. The van der Waals surface area contributed by atoms with E-state index in [1.165, 1.54) is 17.7 Å². The highest BCUT2D eigenvalue weighted by Crippen LogP contribution is 2.36. The molecule has 1 saturated carbocycles. The van der Waals surface area contributed by atoms with Crippen LogP contribution in [0.15, 0.2) is 46.9 Å². The number of fused-ring (bicyclic) bond motifs is 1. The number of anilines is 1. The third-order valence-corrected chi connectivity index (χ3v) is 7.30. The Morgan fingerprint density at radius 3 is 2.66 bits per heavy atom. The molecule has 11 nitrogen and oxygen atoms in total. The first-order valence-electron chi connectivity index (χ1n) is 10.7. The molecule has 1 aliphatic carbocycles. The summed E-state index contributed by atoms with van der Waals surface area (Å²) in [5, 5.41) is 0. The molecule has 3 aromatic heterocycles. The van der Waals surface area contributed by atoms with Gasteiger partial charge in [0.2, 0.25) is 5.88 Å². The lowest BCUT2D eigenvalue weighted by Gasteiger charge is -2.16. The Morgan fingerprint density at radius 2 is 1.86 bits per heavy atom. The van der Waals surface area contributed by atoms with Gasteiger partial charge in [0.1, 0.15) is 19.5 Å². The van der Waals surface area contributed by atoms with Gasteiger partial charge in [0.25, 0.3) is 10.2 Å². The molecule has 0 radical (unpaired) electrons. The van der Waals surface area contributed by atoms with E-state index in [9.17, 15) is 8.42 Å². The molecule has 3 heterocycles. The van der Waals surface area contributed by atoms with Crippen LogP contribution in [0.3, 0.4) is 0 Å². The number of nitrogens with one attached hydrogen (secondary N) is 2. The largest absolute Gasteiger partial charge is 0.473 e. The Bertz CT molecular complexity index is 1430. The number of thiazole rings is 1. The third-order valence-electron chi connectivity index (χ3n) is 5.07. The first-order chi connectivity index (χ1) is 17.0. The molecule has 0 saturated heterocycles. The summed E-state index contributed by atoms with van der Waals surface area (Å²) in [7, 11) is -3.84. The zero-order valence-corrected chi connectivity index (χ0v) is 21.4. The Morgan fingerprint density at radius 1 is 1.06 bits per heavy atom. The average Bonchev–Trinajstić information content (AvgIpc) is 3.56. The van der Waals surface area contributed by atoms with Crippen LogP contribution in [0.2, 0.25) is 0 Å². The van der Waals surface area contributed by atoms with Crippen LogP contribution in [0.1, 0.15) is 12.8 Å². The van der Waals surface area contributed by atoms with Crippen LogP contribution in [-0.4, -0.2) is 53.1 Å². The Kier molecular flexibility index (Phi) is 7.04. The number of aromatic nitrogens is 5. The zero-order valence-electron chi connectivity index (χ0n) is 18.2. The van der Waals surface area contributed by atoms with Gasteiger partial charge in [0.05, 0.1) is 25.8 Å². The molecule has 14 heteroatoms. The number of ether oxygens (including phenoxy) is 2. The SMILES string of the molecule is O=S(=O)(NCC1CC1)Nc1ncnc(OCCOc2ncc(Br)cn2)c1-c1ccc2scnc2c1. The summed E-state index contributed by atoms with van der Waals surface area (Å²) < 4.78 is 43.6. The molecule has 182 valence electrons. The molecule has 4 aromatic rings. The number of halogens is 1. The molecule has 1 fully saturated rings. The number of hydrogen-bond acceptors (Lipinski definition) is 10. The van der Waals surface area contributed by atoms with Crippen molar-refractivity contribution in [3.8, 4) is 23.0 Å². The molecule has 1 aliphatic rings. The second-order valence-electron chi connectivity index (χ2n) is 7.72. The summed E-state index contributed by atoms with van der Waals surface area (Å²) in [6, 6.07) is 5.83. The predicted molar refractivity (Wildman–Crippen MR) is 135 cm³/mol. The van der Waals surface area contributed by atoms with Gasteiger partial charge in [-0.15, -0.1) is 11.3 Å². The number of rotatable bonds is 11. The summed E-state index contributed by atoms with van der Waals surface area (Å²) in [6.45, 7) is 0.661. The smallest absolute Gasteiger partial charge is 0.316 e. The van der Waals surface area contributed by atoms with Gasteiger partial charge in [-0.25, -0.2) is 24.9 Å². The van der Waals surface area contributed by atoms with Gasteiger partial charge in [-0.1, -0.05) is 6.07 Å². The fourth-order valence-electron chi connectivity index (χ4n) is 3.19. The standard InChI is InChI=1S/C21H20BrN7O4S2/c22-15-9-23-21(24-10-15)33-6-5-32-20-18(14-3-4-17-16(7-14)27-12-34-17)19(25-11-26-20)29-35(30,31)28-8-13-1-2-13/h3-4,7,9-13,28H,1-2,5-6,8H2,(H,25,26,29). The van der Waals surface area contributed by atoms with Crippen molar-refractivity contribution in [2.45, 2.75) is 12.8 Å². The first-order valence-corrected chi connectivity index (χ1v) is 13.8. The van der Waals surface area contributed by atoms with E-state index < -0.39 is 10.2 Å². The Hall–Kier alpha value is -2.94. The molecular formula is C21H20BrN7O4S2. The number of hydrogen-bond donors (Lipinski definition) is 2. The summed E-state index contributed by atoms with van der Waals surface area (Å²) in [5.74, 6) is 0.692. The van der Waals surface area contributed by atoms with Crippen molar-refractivity contribution in [3.05, 3.63) is 46.9 Å². The van der Waals surface area contributed by atoms with Crippen LogP contribution in [0, 0.1) is 5.92 Å². The van der Waals surface area contributed by atoms with Gasteiger partial charge < -0.3 is 9.47 Å². The summed E-state index contributed by atoms with van der Waals surface area (Å²) in [5.41, 5.74) is 3.59. The fourth-order valence-corrected chi connectivity index (χ4v) is 4.99. The molecular weight excluding hydrogens is 558 g/mol. The van der Waals surface area contributed by atoms with Crippen LogP contribution in [0.25, 0.3) is 21.3 Å². The normalized spacial score (nSPS) is 13.6. The quantitative estimate of drug-likeness (QED) is 0.256. The summed E-state index contributed by atoms with van der Waals surface area (Å²) in [4.78, 5) is 20.9. The van der Waals surface area contributed by atoms with Gasteiger partial charge in [0.15, 0.2) is 5.82 Å². The maximum atomic E-state index is 12.7. The zero-order chi connectivity index (χ0) is 24.3. The molecule has 1 aromatic carbocycles. The lowest BCUT2D eigenvalue weighted by Crippen LogP contribution is -2.32. The highest BCUT2D eigenvalue weighted by molar-refractivity contribution is 9.10. The van der Waals surface area contributed by atoms with Crippen molar-refractivity contribution in [3.63, 3.8) is 0 Å². The van der Waals surface area contributed by atoms with Gasteiger partial charge in [-0.05, 0) is 52.4 Å². The lowest BCUT2D eigenvalue weighted by molar-refractivity contribution is 0.202. The molecule has 2 N–H and O–H groups in total. The Balaban J connectivity index is 1.39. The van der Waals surface area contributed by atoms with Crippen molar-refractivity contribution < 1.29 is 17.9 Å². The van der Waals surface area contributed by atoms with E-state index >= 15 is 0 Å². The van der Waals surface area contributed by atoms with Gasteiger partial charge >= 0.3 is 6.01 Å². The molecule has 0 spiro atoms. The fraction of sp³-hybridized carbons (Fsp3) is 0.286. The average molecular weight is 578 g/mol. The van der Waals surface area contributed by atoms with E-state index in [0.29, 0.717) is 23.6 Å². The maximum absolute atomic E-state index is 12.7. The summed E-state index contributed by atoms with van der Waals surface area (Å²) in [6.07, 6.45) is 6.46. The van der Waals surface area contributed by atoms with E-state index in [1.807, 2.05) is 18.2 Å². The summed E-state index contributed by atoms with van der Waals surface area (Å²) >= 11 is 4.79. The van der Waals surface area contributed by atoms with Crippen molar-refractivity contribution in [1.82, 2.24) is 29.6 Å². The van der Waals surface area contributed by atoms with Gasteiger partial charge in [-0.2, -0.15) is 13.1 Å². The van der Waals surface area contributed by atoms with E-state index in [4.69, 9.17) is 9.47 Å². The molecule has 0 unspecified atom stereocenters. The highest BCUT2D eigenvalue weighted by atomic mass is 79.9.